The first-order valence-electron chi connectivity index (χ1n) is 10.0. The molecule has 0 unspecified atom stereocenters. The van der Waals surface area contributed by atoms with E-state index in [1.807, 2.05) is 0 Å². The number of hydrogen-bond acceptors (Lipinski definition) is 5. The van der Waals surface area contributed by atoms with Crippen molar-refractivity contribution in [3.63, 3.8) is 0 Å². The first kappa shape index (κ1) is 21.4. The normalized spacial score (nSPS) is 14.0. The minimum atomic E-state index is -0.487. The van der Waals surface area contributed by atoms with E-state index in [9.17, 15) is 14.4 Å². The number of fused-ring (bicyclic) bond motifs is 1. The number of hydrogen-bond donors (Lipinski definition) is 2. The van der Waals surface area contributed by atoms with Crippen LogP contribution < -0.4 is 16.2 Å². The number of imide groups is 1. The molecule has 1 aliphatic carbocycles. The molecule has 1 fully saturated rings. The quantitative estimate of drug-likeness (QED) is 0.448. The summed E-state index contributed by atoms with van der Waals surface area (Å²) in [5.41, 5.74) is 0.893. The van der Waals surface area contributed by atoms with Crippen LogP contribution in [0.4, 0.5) is 4.79 Å². The lowest BCUT2D eigenvalue weighted by Crippen LogP contribution is -2.44. The Morgan fingerprint density at radius 2 is 1.81 bits per heavy atom. The van der Waals surface area contributed by atoms with Crippen molar-refractivity contribution in [1.29, 1.82) is 0 Å². The predicted octanol–water partition coefficient (Wildman–Crippen LogP) is 3.90. The summed E-state index contributed by atoms with van der Waals surface area (Å²) in [5.74, 6) is -0.512. The van der Waals surface area contributed by atoms with Crippen LogP contribution in [0.15, 0.2) is 58.5 Å². The molecule has 0 atom stereocenters. The molecule has 160 valence electrons. The third-order valence-corrected chi connectivity index (χ3v) is 6.30. The third kappa shape index (κ3) is 5.08. The van der Waals surface area contributed by atoms with E-state index in [-0.39, 0.29) is 17.4 Å². The lowest BCUT2D eigenvalue weighted by atomic mass is 10.2. The van der Waals surface area contributed by atoms with Gasteiger partial charge in [0, 0.05) is 11.1 Å². The van der Waals surface area contributed by atoms with E-state index in [1.165, 1.54) is 4.57 Å². The van der Waals surface area contributed by atoms with E-state index in [1.54, 1.807) is 48.5 Å². The zero-order valence-electron chi connectivity index (χ0n) is 16.6. The fourth-order valence-electron chi connectivity index (χ4n) is 3.61. The van der Waals surface area contributed by atoms with Crippen molar-refractivity contribution in [1.82, 2.24) is 20.2 Å². The van der Waals surface area contributed by atoms with Gasteiger partial charge in [0.05, 0.1) is 22.3 Å². The lowest BCUT2D eigenvalue weighted by Gasteiger charge is -2.14. The molecule has 3 amide bonds. The van der Waals surface area contributed by atoms with Gasteiger partial charge in [-0.2, -0.15) is 0 Å². The molecule has 2 N–H and O–H groups in total. The number of urea groups is 1. The van der Waals surface area contributed by atoms with Crippen LogP contribution in [-0.4, -0.2) is 33.3 Å². The molecule has 2 aromatic carbocycles. The zero-order valence-corrected chi connectivity index (χ0v) is 18.2. The topological polar surface area (TPSA) is 93.1 Å². The summed E-state index contributed by atoms with van der Waals surface area (Å²) in [6.07, 6.45) is 4.05. The Bertz CT molecular complexity index is 1170. The highest BCUT2D eigenvalue weighted by Gasteiger charge is 2.19. The minimum Gasteiger partial charge on any atom is -0.335 e. The maximum absolute atomic E-state index is 13.2. The number of thioether (sulfide) groups is 1. The van der Waals surface area contributed by atoms with Gasteiger partial charge in [-0.05, 0) is 49.2 Å². The average Bonchev–Trinajstić information content (AvgIpc) is 3.26. The second kappa shape index (κ2) is 9.53. The maximum Gasteiger partial charge on any atom is 0.321 e. The van der Waals surface area contributed by atoms with E-state index in [0.717, 1.165) is 37.4 Å². The lowest BCUT2D eigenvalue weighted by molar-refractivity contribution is -0.117. The molecule has 3 aromatic rings. The highest BCUT2D eigenvalue weighted by Crippen LogP contribution is 2.22. The second-order valence-electron chi connectivity index (χ2n) is 7.32. The molecule has 31 heavy (non-hydrogen) atoms. The zero-order chi connectivity index (χ0) is 21.8. The van der Waals surface area contributed by atoms with E-state index < -0.39 is 11.9 Å². The second-order valence-corrected chi connectivity index (χ2v) is 8.70. The van der Waals surface area contributed by atoms with Crippen LogP contribution in [0.5, 0.6) is 0 Å². The summed E-state index contributed by atoms with van der Waals surface area (Å²) >= 11 is 7.08. The monoisotopic (exact) mass is 456 g/mol. The number of nitrogens with zero attached hydrogens (tertiary/aromatic N) is 2. The molecule has 0 bridgehead atoms. The first-order valence-corrected chi connectivity index (χ1v) is 11.4. The van der Waals surface area contributed by atoms with Gasteiger partial charge in [-0.25, -0.2) is 9.78 Å². The van der Waals surface area contributed by atoms with E-state index in [0.29, 0.717) is 26.8 Å². The smallest absolute Gasteiger partial charge is 0.321 e. The van der Waals surface area contributed by atoms with Crippen LogP contribution in [-0.2, 0) is 4.79 Å². The Morgan fingerprint density at radius 3 is 2.55 bits per heavy atom. The Kier molecular flexibility index (Phi) is 6.58. The molecule has 1 aliphatic rings. The molecule has 0 spiro atoms. The summed E-state index contributed by atoms with van der Waals surface area (Å²) in [6.45, 7) is 0. The number of rotatable bonds is 5. The molecule has 0 aliphatic heterocycles. The third-order valence-electron chi connectivity index (χ3n) is 5.11. The molecule has 7 nitrogen and oxygen atoms in total. The van der Waals surface area contributed by atoms with Gasteiger partial charge in [0.1, 0.15) is 0 Å². The molecule has 0 saturated heterocycles. The van der Waals surface area contributed by atoms with Crippen molar-refractivity contribution in [3.8, 4) is 5.69 Å². The average molecular weight is 457 g/mol. The van der Waals surface area contributed by atoms with Crippen molar-refractivity contribution in [3.05, 3.63) is 63.9 Å². The van der Waals surface area contributed by atoms with Crippen molar-refractivity contribution in [2.24, 2.45) is 0 Å². The Hall–Kier alpha value is -2.84. The number of amides is 3. The Morgan fingerprint density at radius 1 is 1.10 bits per heavy atom. The van der Waals surface area contributed by atoms with Gasteiger partial charge in [0.25, 0.3) is 5.56 Å². The summed E-state index contributed by atoms with van der Waals surface area (Å²) < 4.78 is 1.45. The van der Waals surface area contributed by atoms with Gasteiger partial charge in [-0.3, -0.25) is 19.5 Å². The Balaban J connectivity index is 1.55. The number of aromatic nitrogens is 2. The summed E-state index contributed by atoms with van der Waals surface area (Å²) in [5, 5.41) is 6.55. The van der Waals surface area contributed by atoms with Crippen LogP contribution in [0.25, 0.3) is 16.6 Å². The number of para-hydroxylation sites is 1. The molecule has 4 rings (SSSR count). The summed E-state index contributed by atoms with van der Waals surface area (Å²) in [6, 6.07) is 13.5. The molecule has 0 radical (unpaired) electrons. The largest absolute Gasteiger partial charge is 0.335 e. The molecule has 1 heterocycles. The van der Waals surface area contributed by atoms with E-state index >= 15 is 0 Å². The fourth-order valence-corrected chi connectivity index (χ4v) is 4.55. The number of nitrogens with one attached hydrogen (secondary N) is 2. The molecular formula is C22H21ClN4O3S. The van der Waals surface area contributed by atoms with Crippen molar-refractivity contribution in [2.45, 2.75) is 36.9 Å². The number of benzene rings is 2. The molecule has 1 aromatic heterocycles. The van der Waals surface area contributed by atoms with Crippen LogP contribution in [0.3, 0.4) is 0 Å². The summed E-state index contributed by atoms with van der Waals surface area (Å²) in [4.78, 5) is 42.1. The number of halogens is 1. The Labute approximate surface area is 188 Å². The summed E-state index contributed by atoms with van der Waals surface area (Å²) in [7, 11) is 0. The number of carbonyl (C=O) groups excluding carboxylic acids is 2. The van der Waals surface area contributed by atoms with Gasteiger partial charge in [-0.1, -0.05) is 48.3 Å². The van der Waals surface area contributed by atoms with E-state index in [2.05, 4.69) is 15.6 Å². The van der Waals surface area contributed by atoms with Gasteiger partial charge in [0.15, 0.2) is 5.16 Å². The van der Waals surface area contributed by atoms with Crippen molar-refractivity contribution >= 4 is 46.2 Å². The van der Waals surface area contributed by atoms with Gasteiger partial charge < -0.3 is 5.32 Å². The van der Waals surface area contributed by atoms with Crippen LogP contribution in [0, 0.1) is 0 Å². The first-order chi connectivity index (χ1) is 15.0. The standard InChI is InChI=1S/C22H21ClN4O3S/c23-14-9-11-16(12-10-14)27-20(29)17-7-3-4-8-18(17)25-22(27)31-13-19(28)26-21(30)24-15-5-1-2-6-15/h3-4,7-12,15H,1-2,5-6,13H2,(H2,24,26,28,30). The van der Waals surface area contributed by atoms with Crippen molar-refractivity contribution in [2.75, 3.05) is 5.75 Å². The highest BCUT2D eigenvalue weighted by atomic mass is 35.5. The highest BCUT2D eigenvalue weighted by molar-refractivity contribution is 7.99. The maximum atomic E-state index is 13.2. The van der Waals surface area contributed by atoms with Crippen LogP contribution >= 0.6 is 23.4 Å². The number of carbonyl (C=O) groups is 2. The minimum absolute atomic E-state index is 0.0591. The van der Waals surface area contributed by atoms with E-state index in [4.69, 9.17) is 11.6 Å². The van der Waals surface area contributed by atoms with Crippen LogP contribution in [0.1, 0.15) is 25.7 Å². The van der Waals surface area contributed by atoms with Gasteiger partial charge in [-0.15, -0.1) is 0 Å². The van der Waals surface area contributed by atoms with Crippen molar-refractivity contribution < 1.29 is 9.59 Å². The van der Waals surface area contributed by atoms with Gasteiger partial charge >= 0.3 is 6.03 Å². The molecular weight excluding hydrogens is 436 g/mol. The molecule has 9 heteroatoms. The molecule has 1 saturated carbocycles. The van der Waals surface area contributed by atoms with Gasteiger partial charge in [0.2, 0.25) is 5.91 Å². The fraction of sp³-hybridized carbons (Fsp3) is 0.273. The predicted molar refractivity (Wildman–Crippen MR) is 122 cm³/mol. The van der Waals surface area contributed by atoms with Crippen LogP contribution in [0.2, 0.25) is 5.02 Å². The SMILES string of the molecule is O=C(CSc1nc2ccccc2c(=O)n1-c1ccc(Cl)cc1)NC(=O)NC1CCCC1.